The van der Waals surface area contributed by atoms with Crippen molar-refractivity contribution in [2.45, 2.75) is 19.8 Å². The Hall–Kier alpha value is -2.24. The van der Waals surface area contributed by atoms with E-state index in [1.54, 1.807) is 6.07 Å². The van der Waals surface area contributed by atoms with Gasteiger partial charge in [0, 0.05) is 38.4 Å². The summed E-state index contributed by atoms with van der Waals surface area (Å²) in [5.41, 5.74) is 1.53. The van der Waals surface area contributed by atoms with E-state index in [0.717, 1.165) is 38.2 Å². The van der Waals surface area contributed by atoms with Crippen LogP contribution in [0.15, 0.2) is 24.3 Å². The lowest BCUT2D eigenvalue weighted by Crippen LogP contribution is -2.52. The Kier molecular flexibility index (Phi) is 6.26. The van der Waals surface area contributed by atoms with Crippen molar-refractivity contribution in [2.24, 2.45) is 0 Å². The lowest BCUT2D eigenvalue weighted by molar-refractivity contribution is 0.0600. The zero-order valence-corrected chi connectivity index (χ0v) is 13.9. The number of urea groups is 1. The lowest BCUT2D eigenvalue weighted by atomic mass is 10.1. The number of carbonyl (C=O) groups is 2. The number of anilines is 1. The van der Waals surface area contributed by atoms with Gasteiger partial charge in [0.05, 0.1) is 12.7 Å². The zero-order valence-electron chi connectivity index (χ0n) is 13.9. The molecule has 1 heterocycles. The Balaban J connectivity index is 1.89. The van der Waals surface area contributed by atoms with Crippen LogP contribution in [0, 0.1) is 0 Å². The van der Waals surface area contributed by atoms with Crippen LogP contribution in [0.5, 0.6) is 0 Å². The number of hydrogen-bond donors (Lipinski definition) is 1. The summed E-state index contributed by atoms with van der Waals surface area (Å²) in [5.74, 6) is -0.333. The van der Waals surface area contributed by atoms with Crippen molar-refractivity contribution >= 4 is 17.7 Å². The molecule has 0 aromatic heterocycles. The first-order chi connectivity index (χ1) is 11.2. The van der Waals surface area contributed by atoms with Crippen LogP contribution in [0.2, 0.25) is 0 Å². The van der Waals surface area contributed by atoms with E-state index >= 15 is 0 Å². The maximum atomic E-state index is 12.0. The molecule has 2 rings (SSSR count). The molecule has 1 aliphatic heterocycles. The fourth-order valence-electron chi connectivity index (χ4n) is 2.60. The molecule has 2 amide bonds. The Morgan fingerprint density at radius 1 is 1.22 bits per heavy atom. The summed E-state index contributed by atoms with van der Waals surface area (Å²) in [6.45, 7) is 5.71. The fourth-order valence-corrected chi connectivity index (χ4v) is 2.60. The number of piperazine rings is 1. The summed E-state index contributed by atoms with van der Waals surface area (Å²) >= 11 is 0. The Morgan fingerprint density at radius 3 is 2.61 bits per heavy atom. The van der Waals surface area contributed by atoms with Gasteiger partial charge in [0.25, 0.3) is 0 Å². The minimum atomic E-state index is -0.333. The van der Waals surface area contributed by atoms with Crippen molar-refractivity contribution in [3.8, 4) is 0 Å². The quantitative estimate of drug-likeness (QED) is 0.667. The zero-order chi connectivity index (χ0) is 16.7. The highest BCUT2D eigenvalue weighted by molar-refractivity contribution is 5.90. The maximum Gasteiger partial charge on any atom is 0.337 e. The van der Waals surface area contributed by atoms with Gasteiger partial charge in [0.2, 0.25) is 0 Å². The number of hydrogen-bond acceptors (Lipinski definition) is 4. The molecule has 0 radical (unpaired) electrons. The summed E-state index contributed by atoms with van der Waals surface area (Å²) in [7, 11) is 1.38. The highest BCUT2D eigenvalue weighted by Crippen LogP contribution is 2.18. The predicted octanol–water partition coefficient (Wildman–Crippen LogP) is 2.10. The minimum Gasteiger partial charge on any atom is -0.465 e. The van der Waals surface area contributed by atoms with Crippen molar-refractivity contribution < 1.29 is 14.3 Å². The number of esters is 1. The topological polar surface area (TPSA) is 61.9 Å². The molecule has 1 N–H and O–H groups in total. The predicted molar refractivity (Wildman–Crippen MR) is 89.9 cm³/mol. The first-order valence-corrected chi connectivity index (χ1v) is 8.11. The number of nitrogens with one attached hydrogen (secondary N) is 1. The van der Waals surface area contributed by atoms with Crippen LogP contribution in [-0.4, -0.2) is 56.7 Å². The summed E-state index contributed by atoms with van der Waals surface area (Å²) < 4.78 is 4.76. The maximum absolute atomic E-state index is 12.0. The van der Waals surface area contributed by atoms with Gasteiger partial charge in [-0.25, -0.2) is 9.59 Å². The van der Waals surface area contributed by atoms with Crippen LogP contribution in [0.3, 0.4) is 0 Å². The van der Waals surface area contributed by atoms with Crippen molar-refractivity contribution in [3.05, 3.63) is 29.8 Å². The molecule has 23 heavy (non-hydrogen) atoms. The molecule has 1 aromatic rings. The van der Waals surface area contributed by atoms with E-state index in [1.807, 2.05) is 23.1 Å². The van der Waals surface area contributed by atoms with E-state index in [1.165, 1.54) is 7.11 Å². The second-order valence-electron chi connectivity index (χ2n) is 5.60. The van der Waals surface area contributed by atoms with Gasteiger partial charge in [-0.05, 0) is 24.6 Å². The van der Waals surface area contributed by atoms with E-state index in [9.17, 15) is 9.59 Å². The molecule has 0 bridgehead atoms. The molecule has 0 aliphatic carbocycles. The van der Waals surface area contributed by atoms with Gasteiger partial charge < -0.3 is 19.9 Å². The van der Waals surface area contributed by atoms with Crippen molar-refractivity contribution in [1.29, 1.82) is 0 Å². The number of unbranched alkanes of at least 4 members (excludes halogenated alkanes) is 1. The van der Waals surface area contributed by atoms with Crippen molar-refractivity contribution in [1.82, 2.24) is 10.2 Å². The molecule has 0 unspecified atom stereocenters. The molecular formula is C17H25N3O3. The molecule has 0 atom stereocenters. The average molecular weight is 319 g/mol. The molecular weight excluding hydrogens is 294 g/mol. The third-order valence-corrected chi connectivity index (χ3v) is 4.01. The molecule has 1 saturated heterocycles. The monoisotopic (exact) mass is 319 g/mol. The fraction of sp³-hybridized carbons (Fsp3) is 0.529. The van der Waals surface area contributed by atoms with Gasteiger partial charge in [0.1, 0.15) is 0 Å². The van der Waals surface area contributed by atoms with Crippen molar-refractivity contribution in [3.63, 3.8) is 0 Å². The van der Waals surface area contributed by atoms with Crippen LogP contribution in [0.4, 0.5) is 10.5 Å². The number of rotatable bonds is 5. The molecule has 0 spiro atoms. The number of methoxy groups -OCH3 is 1. The number of benzene rings is 1. The van der Waals surface area contributed by atoms with E-state index in [4.69, 9.17) is 4.74 Å². The molecule has 6 heteroatoms. The summed E-state index contributed by atoms with van der Waals surface area (Å²) in [5, 5.41) is 2.95. The molecule has 6 nitrogen and oxygen atoms in total. The Labute approximate surface area is 137 Å². The number of ether oxygens (including phenoxy) is 1. The van der Waals surface area contributed by atoms with E-state index in [0.29, 0.717) is 18.7 Å². The van der Waals surface area contributed by atoms with Crippen LogP contribution < -0.4 is 10.2 Å². The van der Waals surface area contributed by atoms with Crippen LogP contribution in [0.25, 0.3) is 0 Å². The first-order valence-electron chi connectivity index (χ1n) is 8.11. The highest BCUT2D eigenvalue weighted by Gasteiger charge is 2.21. The Bertz CT molecular complexity index is 540. The van der Waals surface area contributed by atoms with E-state index < -0.39 is 0 Å². The van der Waals surface area contributed by atoms with Crippen LogP contribution >= 0.6 is 0 Å². The van der Waals surface area contributed by atoms with E-state index in [2.05, 4.69) is 17.1 Å². The SMILES string of the molecule is CCCCNC(=O)N1CCN(c2cccc(C(=O)OC)c2)CC1. The normalized spacial score (nSPS) is 14.5. The van der Waals surface area contributed by atoms with Gasteiger partial charge in [-0.3, -0.25) is 0 Å². The first kappa shape index (κ1) is 17.1. The van der Waals surface area contributed by atoms with Crippen LogP contribution in [0.1, 0.15) is 30.1 Å². The van der Waals surface area contributed by atoms with Gasteiger partial charge in [-0.1, -0.05) is 19.4 Å². The number of amides is 2. The molecule has 0 saturated carbocycles. The van der Waals surface area contributed by atoms with Gasteiger partial charge in [-0.15, -0.1) is 0 Å². The molecule has 1 aliphatic rings. The smallest absolute Gasteiger partial charge is 0.337 e. The lowest BCUT2D eigenvalue weighted by Gasteiger charge is -2.36. The molecule has 1 aromatic carbocycles. The summed E-state index contributed by atoms with van der Waals surface area (Å²) in [6, 6.07) is 7.42. The van der Waals surface area contributed by atoms with Crippen molar-refractivity contribution in [2.75, 3.05) is 44.7 Å². The highest BCUT2D eigenvalue weighted by atomic mass is 16.5. The minimum absolute atomic E-state index is 0.0152. The third-order valence-electron chi connectivity index (χ3n) is 4.01. The third kappa shape index (κ3) is 4.61. The van der Waals surface area contributed by atoms with Gasteiger partial charge in [0.15, 0.2) is 0 Å². The number of nitrogens with zero attached hydrogens (tertiary/aromatic N) is 2. The largest absolute Gasteiger partial charge is 0.465 e. The second-order valence-corrected chi connectivity index (χ2v) is 5.60. The standard InChI is InChI=1S/C17H25N3O3/c1-3-4-8-18-17(22)20-11-9-19(10-12-20)15-7-5-6-14(13-15)16(21)23-2/h5-7,13H,3-4,8-12H2,1-2H3,(H,18,22). The Morgan fingerprint density at radius 2 is 1.96 bits per heavy atom. The number of carbonyl (C=O) groups excluding carboxylic acids is 2. The summed E-state index contributed by atoms with van der Waals surface area (Å²) in [6.07, 6.45) is 2.08. The van der Waals surface area contributed by atoms with Gasteiger partial charge >= 0.3 is 12.0 Å². The summed E-state index contributed by atoms with van der Waals surface area (Å²) in [4.78, 5) is 27.7. The molecule has 126 valence electrons. The van der Waals surface area contributed by atoms with Crippen LogP contribution in [-0.2, 0) is 4.74 Å². The van der Waals surface area contributed by atoms with Gasteiger partial charge in [-0.2, -0.15) is 0 Å². The second kappa shape index (κ2) is 8.41. The average Bonchev–Trinajstić information content (AvgIpc) is 2.61. The molecule has 1 fully saturated rings. The van der Waals surface area contributed by atoms with E-state index in [-0.39, 0.29) is 12.0 Å².